The molecule has 0 radical (unpaired) electrons. The molecule has 0 fully saturated rings. The SMILES string of the molecule is Nc1ccccc1C(=O)c1cn(-c2cccc(OCc3ccccc3)c2)nn1. The van der Waals surface area contributed by atoms with Crippen LogP contribution in [0.3, 0.4) is 0 Å². The first-order valence-corrected chi connectivity index (χ1v) is 8.79. The fourth-order valence-corrected chi connectivity index (χ4v) is 2.79. The summed E-state index contributed by atoms with van der Waals surface area (Å²) in [6.07, 6.45) is 1.59. The molecule has 1 aromatic heterocycles. The Labute approximate surface area is 162 Å². The van der Waals surface area contributed by atoms with E-state index in [4.69, 9.17) is 10.5 Å². The first-order valence-electron chi connectivity index (χ1n) is 8.79. The average Bonchev–Trinajstić information content (AvgIpc) is 3.23. The second-order valence-corrected chi connectivity index (χ2v) is 6.24. The normalized spacial score (nSPS) is 10.6. The Bertz CT molecular complexity index is 1110. The Balaban J connectivity index is 1.52. The molecule has 0 aliphatic rings. The Morgan fingerprint density at radius 1 is 0.964 bits per heavy atom. The number of nitrogens with two attached hydrogens (primary N) is 1. The van der Waals surface area contributed by atoms with E-state index in [2.05, 4.69) is 10.3 Å². The van der Waals surface area contributed by atoms with Gasteiger partial charge < -0.3 is 10.5 Å². The van der Waals surface area contributed by atoms with E-state index in [0.717, 1.165) is 11.3 Å². The van der Waals surface area contributed by atoms with Gasteiger partial charge >= 0.3 is 0 Å². The Morgan fingerprint density at radius 3 is 2.57 bits per heavy atom. The van der Waals surface area contributed by atoms with Crippen LogP contribution in [0.5, 0.6) is 5.75 Å². The van der Waals surface area contributed by atoms with E-state index < -0.39 is 0 Å². The van der Waals surface area contributed by atoms with Crippen LogP contribution in [0.15, 0.2) is 85.1 Å². The minimum absolute atomic E-state index is 0.230. The minimum Gasteiger partial charge on any atom is -0.489 e. The number of hydrogen-bond donors (Lipinski definition) is 1. The van der Waals surface area contributed by atoms with E-state index >= 15 is 0 Å². The summed E-state index contributed by atoms with van der Waals surface area (Å²) >= 11 is 0. The van der Waals surface area contributed by atoms with Crippen LogP contribution < -0.4 is 10.5 Å². The van der Waals surface area contributed by atoms with Crippen molar-refractivity contribution in [3.05, 3.63) is 102 Å². The zero-order valence-corrected chi connectivity index (χ0v) is 15.0. The van der Waals surface area contributed by atoms with Gasteiger partial charge in [0, 0.05) is 17.3 Å². The fraction of sp³-hybridized carbons (Fsp3) is 0.0455. The van der Waals surface area contributed by atoms with Crippen LogP contribution in [-0.4, -0.2) is 20.8 Å². The number of benzene rings is 3. The highest BCUT2D eigenvalue weighted by Crippen LogP contribution is 2.19. The number of hydrogen-bond acceptors (Lipinski definition) is 5. The second-order valence-electron chi connectivity index (χ2n) is 6.24. The lowest BCUT2D eigenvalue weighted by Crippen LogP contribution is -2.05. The summed E-state index contributed by atoms with van der Waals surface area (Å²) in [6.45, 7) is 0.471. The van der Waals surface area contributed by atoms with Crippen molar-refractivity contribution in [3.8, 4) is 11.4 Å². The molecule has 3 aromatic carbocycles. The summed E-state index contributed by atoms with van der Waals surface area (Å²) in [4.78, 5) is 12.6. The summed E-state index contributed by atoms with van der Waals surface area (Å²) in [5.74, 6) is 0.442. The maximum atomic E-state index is 12.6. The number of ketones is 1. The molecule has 0 aliphatic carbocycles. The van der Waals surface area contributed by atoms with Crippen molar-refractivity contribution in [2.45, 2.75) is 6.61 Å². The second kappa shape index (κ2) is 7.75. The molecular weight excluding hydrogens is 352 g/mol. The van der Waals surface area contributed by atoms with Crippen molar-refractivity contribution in [1.29, 1.82) is 0 Å². The van der Waals surface area contributed by atoms with Gasteiger partial charge in [-0.3, -0.25) is 4.79 Å². The quantitative estimate of drug-likeness (QED) is 0.414. The van der Waals surface area contributed by atoms with Crippen molar-refractivity contribution in [2.75, 3.05) is 5.73 Å². The van der Waals surface area contributed by atoms with Crippen LogP contribution in [0.25, 0.3) is 5.69 Å². The molecule has 0 atom stereocenters. The molecule has 0 saturated carbocycles. The van der Waals surface area contributed by atoms with Crippen LogP contribution >= 0.6 is 0 Å². The topological polar surface area (TPSA) is 83.0 Å². The summed E-state index contributed by atoms with van der Waals surface area (Å²) in [5.41, 5.74) is 8.78. The molecule has 0 bridgehead atoms. The molecule has 2 N–H and O–H groups in total. The van der Waals surface area contributed by atoms with E-state index in [1.165, 1.54) is 0 Å². The smallest absolute Gasteiger partial charge is 0.216 e. The van der Waals surface area contributed by atoms with Crippen molar-refractivity contribution >= 4 is 11.5 Å². The molecule has 6 nitrogen and oxygen atoms in total. The van der Waals surface area contributed by atoms with Gasteiger partial charge in [0.2, 0.25) is 5.78 Å². The molecule has 0 spiro atoms. The van der Waals surface area contributed by atoms with Gasteiger partial charge in [0.05, 0.1) is 11.9 Å². The van der Waals surface area contributed by atoms with Crippen molar-refractivity contribution in [1.82, 2.24) is 15.0 Å². The number of carbonyl (C=O) groups is 1. The van der Waals surface area contributed by atoms with Gasteiger partial charge in [-0.15, -0.1) is 5.10 Å². The van der Waals surface area contributed by atoms with Crippen LogP contribution in [-0.2, 0) is 6.61 Å². The maximum absolute atomic E-state index is 12.6. The molecule has 4 rings (SSSR count). The Hall–Kier alpha value is -3.93. The highest BCUT2D eigenvalue weighted by Gasteiger charge is 2.16. The summed E-state index contributed by atoms with van der Waals surface area (Å²) in [7, 11) is 0. The molecule has 0 unspecified atom stereocenters. The van der Waals surface area contributed by atoms with Gasteiger partial charge in [-0.2, -0.15) is 0 Å². The van der Waals surface area contributed by atoms with Crippen molar-refractivity contribution in [2.24, 2.45) is 0 Å². The van der Waals surface area contributed by atoms with Crippen molar-refractivity contribution < 1.29 is 9.53 Å². The summed E-state index contributed by atoms with van der Waals surface area (Å²) in [5, 5.41) is 8.07. The van der Waals surface area contributed by atoms with Gasteiger partial charge in [-0.05, 0) is 29.8 Å². The lowest BCUT2D eigenvalue weighted by Gasteiger charge is -2.08. The largest absolute Gasteiger partial charge is 0.489 e. The molecule has 4 aromatic rings. The lowest BCUT2D eigenvalue weighted by molar-refractivity contribution is 0.103. The van der Waals surface area contributed by atoms with E-state index in [9.17, 15) is 4.79 Å². The summed E-state index contributed by atoms with van der Waals surface area (Å²) in [6, 6.07) is 24.3. The predicted molar refractivity (Wildman–Crippen MR) is 106 cm³/mol. The van der Waals surface area contributed by atoms with E-state index in [-0.39, 0.29) is 11.5 Å². The third kappa shape index (κ3) is 3.76. The molecule has 1 heterocycles. The monoisotopic (exact) mass is 370 g/mol. The number of nitrogens with zero attached hydrogens (tertiary/aromatic N) is 3. The Morgan fingerprint density at radius 2 is 1.75 bits per heavy atom. The molecule has 138 valence electrons. The maximum Gasteiger partial charge on any atom is 0.216 e. The van der Waals surface area contributed by atoms with E-state index in [1.54, 1.807) is 35.1 Å². The van der Waals surface area contributed by atoms with Gasteiger partial charge in [0.25, 0.3) is 0 Å². The molecule has 6 heteroatoms. The molecule has 0 aliphatic heterocycles. The predicted octanol–water partition coefficient (Wildman–Crippen LogP) is 3.66. The molecule has 28 heavy (non-hydrogen) atoms. The molecular formula is C22H18N4O2. The van der Waals surface area contributed by atoms with Gasteiger partial charge in [-0.25, -0.2) is 4.68 Å². The van der Waals surface area contributed by atoms with E-state index in [0.29, 0.717) is 23.6 Å². The third-order valence-electron chi connectivity index (χ3n) is 4.26. The molecule has 0 saturated heterocycles. The number of rotatable bonds is 6. The van der Waals surface area contributed by atoms with Crippen LogP contribution in [0.2, 0.25) is 0 Å². The zero-order chi connectivity index (χ0) is 19.3. The standard InChI is InChI=1S/C22H18N4O2/c23-20-12-5-4-11-19(20)22(27)21-14-26(25-24-21)17-9-6-10-18(13-17)28-15-16-7-2-1-3-8-16/h1-14H,15,23H2. The van der Waals surface area contributed by atoms with Crippen LogP contribution in [0, 0.1) is 0 Å². The number of ether oxygens (including phenoxy) is 1. The van der Waals surface area contributed by atoms with Crippen molar-refractivity contribution in [3.63, 3.8) is 0 Å². The highest BCUT2D eigenvalue weighted by molar-refractivity contribution is 6.10. The fourth-order valence-electron chi connectivity index (χ4n) is 2.79. The lowest BCUT2D eigenvalue weighted by atomic mass is 10.1. The average molecular weight is 370 g/mol. The van der Waals surface area contributed by atoms with E-state index in [1.807, 2.05) is 54.6 Å². The Kier molecular flexibility index (Phi) is 4.84. The zero-order valence-electron chi connectivity index (χ0n) is 15.0. The number of carbonyl (C=O) groups excluding carboxylic acids is 1. The van der Waals surface area contributed by atoms with Crippen LogP contribution in [0.1, 0.15) is 21.6 Å². The molecule has 0 amide bonds. The number of nitrogen functional groups attached to an aromatic ring is 1. The first kappa shape index (κ1) is 17.5. The highest BCUT2D eigenvalue weighted by atomic mass is 16.5. The summed E-state index contributed by atoms with van der Waals surface area (Å²) < 4.78 is 7.39. The third-order valence-corrected chi connectivity index (χ3v) is 4.26. The minimum atomic E-state index is -0.263. The number of anilines is 1. The van der Waals surface area contributed by atoms with Gasteiger partial charge in [0.15, 0.2) is 5.69 Å². The number of para-hydroxylation sites is 1. The van der Waals surface area contributed by atoms with Gasteiger partial charge in [0.1, 0.15) is 12.4 Å². The first-order chi connectivity index (χ1) is 13.7. The number of aromatic nitrogens is 3. The van der Waals surface area contributed by atoms with Gasteiger partial charge in [-0.1, -0.05) is 53.7 Å². The van der Waals surface area contributed by atoms with Crippen LogP contribution in [0.4, 0.5) is 5.69 Å².